The van der Waals surface area contributed by atoms with Gasteiger partial charge < -0.3 is 15.2 Å². The molecule has 2 N–H and O–H groups in total. The molecule has 0 amide bonds. The van der Waals surface area contributed by atoms with Crippen molar-refractivity contribution in [2.75, 3.05) is 18.5 Å². The minimum absolute atomic E-state index is 0.00994. The minimum atomic E-state index is -0.00994. The van der Waals surface area contributed by atoms with E-state index in [2.05, 4.69) is 20.3 Å². The molecule has 3 aromatic rings. The van der Waals surface area contributed by atoms with Gasteiger partial charge in [-0.3, -0.25) is 0 Å². The summed E-state index contributed by atoms with van der Waals surface area (Å²) < 4.78 is 5.53. The van der Waals surface area contributed by atoms with Crippen LogP contribution in [0.2, 0.25) is 0 Å². The number of aliphatic hydroxyl groups is 1. The number of aliphatic hydroxyl groups excluding tert-OH is 1. The zero-order valence-corrected chi connectivity index (χ0v) is 11.9. The maximum absolute atomic E-state index is 8.88. The summed E-state index contributed by atoms with van der Waals surface area (Å²) in [6.07, 6.45) is 3.20. The van der Waals surface area contributed by atoms with E-state index in [1.54, 1.807) is 6.20 Å². The zero-order valence-electron chi connectivity index (χ0n) is 11.9. The van der Waals surface area contributed by atoms with E-state index < -0.39 is 0 Å². The fraction of sp³-hybridized carbons (Fsp3) is 0.188. The van der Waals surface area contributed by atoms with E-state index in [4.69, 9.17) is 9.84 Å². The van der Waals surface area contributed by atoms with Crippen LogP contribution in [0.4, 0.5) is 5.82 Å². The molecule has 0 unspecified atom stereocenters. The summed E-state index contributed by atoms with van der Waals surface area (Å²) in [7, 11) is 0. The Bertz CT molecular complexity index is 758. The molecule has 0 saturated heterocycles. The van der Waals surface area contributed by atoms with Crippen molar-refractivity contribution in [1.82, 2.24) is 15.0 Å². The highest BCUT2D eigenvalue weighted by molar-refractivity contribution is 5.85. The molecule has 0 saturated carbocycles. The number of anilines is 1. The molecule has 0 aliphatic rings. The van der Waals surface area contributed by atoms with Crippen LogP contribution in [-0.4, -0.2) is 33.3 Å². The fourth-order valence-electron chi connectivity index (χ4n) is 2.16. The summed E-state index contributed by atoms with van der Waals surface area (Å²) in [4.78, 5) is 12.6. The SMILES string of the molecule is OCCOc1ccccc1CNc1ncnc2ncccc12. The summed E-state index contributed by atoms with van der Waals surface area (Å²) in [5, 5.41) is 13.0. The van der Waals surface area contributed by atoms with Gasteiger partial charge in [0.1, 0.15) is 24.5 Å². The Labute approximate surface area is 127 Å². The molecule has 22 heavy (non-hydrogen) atoms. The zero-order chi connectivity index (χ0) is 15.2. The van der Waals surface area contributed by atoms with Crippen LogP contribution in [0.25, 0.3) is 11.0 Å². The van der Waals surface area contributed by atoms with Gasteiger partial charge in [0.05, 0.1) is 12.0 Å². The quantitative estimate of drug-likeness (QED) is 0.724. The third kappa shape index (κ3) is 3.12. The van der Waals surface area contributed by atoms with Crippen LogP contribution in [0, 0.1) is 0 Å². The molecule has 0 radical (unpaired) electrons. The Kier molecular flexibility index (Phi) is 4.41. The second kappa shape index (κ2) is 6.82. The van der Waals surface area contributed by atoms with Crippen molar-refractivity contribution in [2.45, 2.75) is 6.54 Å². The van der Waals surface area contributed by atoms with Gasteiger partial charge >= 0.3 is 0 Å². The maximum atomic E-state index is 8.88. The van der Waals surface area contributed by atoms with Crippen molar-refractivity contribution in [2.24, 2.45) is 0 Å². The van der Waals surface area contributed by atoms with Crippen LogP contribution >= 0.6 is 0 Å². The second-order valence-corrected chi connectivity index (χ2v) is 4.63. The first-order chi connectivity index (χ1) is 10.9. The van der Waals surface area contributed by atoms with Crippen molar-refractivity contribution < 1.29 is 9.84 Å². The Morgan fingerprint density at radius 3 is 2.86 bits per heavy atom. The molecule has 3 rings (SSSR count). The lowest BCUT2D eigenvalue weighted by Gasteiger charge is -2.12. The van der Waals surface area contributed by atoms with E-state index in [1.807, 2.05) is 36.4 Å². The molecular formula is C16H16N4O2. The number of hydrogen-bond donors (Lipinski definition) is 2. The number of benzene rings is 1. The Balaban J connectivity index is 1.80. The molecule has 0 aliphatic heterocycles. The lowest BCUT2D eigenvalue weighted by molar-refractivity contribution is 0.200. The topological polar surface area (TPSA) is 80.2 Å². The van der Waals surface area contributed by atoms with Gasteiger partial charge in [0.15, 0.2) is 5.65 Å². The van der Waals surface area contributed by atoms with E-state index in [1.165, 1.54) is 6.33 Å². The maximum Gasteiger partial charge on any atom is 0.164 e. The first-order valence-corrected chi connectivity index (χ1v) is 6.99. The monoisotopic (exact) mass is 296 g/mol. The van der Waals surface area contributed by atoms with Gasteiger partial charge in [0, 0.05) is 18.3 Å². The highest BCUT2D eigenvalue weighted by atomic mass is 16.5. The number of rotatable bonds is 6. The van der Waals surface area contributed by atoms with Crippen molar-refractivity contribution in [3.05, 3.63) is 54.5 Å². The minimum Gasteiger partial charge on any atom is -0.491 e. The predicted octanol–water partition coefficient (Wildman–Crippen LogP) is 2.01. The molecule has 0 fully saturated rings. The molecular weight excluding hydrogens is 280 g/mol. The number of aromatic nitrogens is 3. The van der Waals surface area contributed by atoms with Gasteiger partial charge in [0.25, 0.3) is 0 Å². The van der Waals surface area contributed by atoms with Crippen molar-refractivity contribution in [1.29, 1.82) is 0 Å². The highest BCUT2D eigenvalue weighted by Gasteiger charge is 2.06. The van der Waals surface area contributed by atoms with Crippen LogP contribution in [0.1, 0.15) is 5.56 Å². The highest BCUT2D eigenvalue weighted by Crippen LogP contribution is 2.21. The Hall–Kier alpha value is -2.73. The number of hydrogen-bond acceptors (Lipinski definition) is 6. The summed E-state index contributed by atoms with van der Waals surface area (Å²) in [6.45, 7) is 0.823. The summed E-state index contributed by atoms with van der Waals surface area (Å²) in [5.41, 5.74) is 1.65. The number of pyridine rings is 1. The van der Waals surface area contributed by atoms with Crippen molar-refractivity contribution in [3.8, 4) is 5.75 Å². The lowest BCUT2D eigenvalue weighted by Crippen LogP contribution is -2.07. The predicted molar refractivity (Wildman–Crippen MR) is 83.7 cm³/mol. The third-order valence-electron chi connectivity index (χ3n) is 3.18. The molecule has 0 spiro atoms. The van der Waals surface area contributed by atoms with E-state index in [-0.39, 0.29) is 13.2 Å². The van der Waals surface area contributed by atoms with Gasteiger partial charge in [-0.15, -0.1) is 0 Å². The van der Waals surface area contributed by atoms with E-state index in [0.29, 0.717) is 12.2 Å². The standard InChI is InChI=1S/C16H16N4O2/c21-8-9-22-14-6-2-1-4-12(14)10-18-16-13-5-3-7-17-15(13)19-11-20-16/h1-7,11,21H,8-10H2,(H,17,18,19,20). The molecule has 1 aromatic carbocycles. The van der Waals surface area contributed by atoms with Crippen LogP contribution in [0.3, 0.4) is 0 Å². The van der Waals surface area contributed by atoms with Gasteiger partial charge in [-0.1, -0.05) is 18.2 Å². The molecule has 0 aliphatic carbocycles. The van der Waals surface area contributed by atoms with Gasteiger partial charge in [-0.05, 0) is 18.2 Å². The molecule has 112 valence electrons. The summed E-state index contributed by atoms with van der Waals surface area (Å²) in [5.74, 6) is 1.48. The van der Waals surface area contributed by atoms with Gasteiger partial charge in [-0.2, -0.15) is 0 Å². The first kappa shape index (κ1) is 14.2. The van der Waals surface area contributed by atoms with E-state index >= 15 is 0 Å². The van der Waals surface area contributed by atoms with Gasteiger partial charge in [-0.25, -0.2) is 15.0 Å². The van der Waals surface area contributed by atoms with Gasteiger partial charge in [0.2, 0.25) is 0 Å². The van der Waals surface area contributed by atoms with Crippen LogP contribution in [0.5, 0.6) is 5.75 Å². The molecule has 2 aromatic heterocycles. The van der Waals surface area contributed by atoms with Crippen LogP contribution in [0.15, 0.2) is 48.9 Å². The Morgan fingerprint density at radius 2 is 1.95 bits per heavy atom. The smallest absolute Gasteiger partial charge is 0.164 e. The number of nitrogens with one attached hydrogen (secondary N) is 1. The summed E-state index contributed by atoms with van der Waals surface area (Å²) in [6, 6.07) is 11.5. The molecule has 6 nitrogen and oxygen atoms in total. The Morgan fingerprint density at radius 1 is 1.05 bits per heavy atom. The van der Waals surface area contributed by atoms with Crippen molar-refractivity contribution >= 4 is 16.9 Å². The average molecular weight is 296 g/mol. The second-order valence-electron chi connectivity index (χ2n) is 4.63. The number of nitrogens with zero attached hydrogens (tertiary/aromatic N) is 3. The third-order valence-corrected chi connectivity index (χ3v) is 3.18. The molecule has 0 atom stereocenters. The fourth-order valence-corrected chi connectivity index (χ4v) is 2.16. The van der Waals surface area contributed by atoms with Crippen LogP contribution in [-0.2, 0) is 6.54 Å². The summed E-state index contributed by atoms with van der Waals surface area (Å²) >= 11 is 0. The molecule has 0 bridgehead atoms. The first-order valence-electron chi connectivity index (χ1n) is 6.99. The normalized spacial score (nSPS) is 10.6. The lowest BCUT2D eigenvalue weighted by atomic mass is 10.2. The van der Waals surface area contributed by atoms with E-state index in [9.17, 15) is 0 Å². The molecule has 6 heteroatoms. The van der Waals surface area contributed by atoms with E-state index in [0.717, 1.165) is 22.5 Å². The van der Waals surface area contributed by atoms with Crippen molar-refractivity contribution in [3.63, 3.8) is 0 Å². The molecule has 2 heterocycles. The number of fused-ring (bicyclic) bond motifs is 1. The van der Waals surface area contributed by atoms with Crippen LogP contribution < -0.4 is 10.1 Å². The average Bonchev–Trinajstić information content (AvgIpc) is 2.59. The number of ether oxygens (including phenoxy) is 1. The number of para-hydroxylation sites is 1. The largest absolute Gasteiger partial charge is 0.491 e.